The van der Waals surface area contributed by atoms with Crippen LogP contribution in [0.1, 0.15) is 19.3 Å². The van der Waals surface area contributed by atoms with Crippen LogP contribution in [0.3, 0.4) is 0 Å². The predicted molar refractivity (Wildman–Crippen MR) is 46.0 cm³/mol. The second-order valence-electron chi connectivity index (χ2n) is 2.73. The lowest BCUT2D eigenvalue weighted by Gasteiger charge is -2.17. The minimum absolute atomic E-state index is 0.472. The SMILES string of the molecule is C=CC1CCC(C#N)=C(Cl)C1. The lowest BCUT2D eigenvalue weighted by atomic mass is 9.90. The predicted octanol–water partition coefficient (Wildman–Crippen LogP) is 2.99. The van der Waals surface area contributed by atoms with Crippen LogP contribution in [0.4, 0.5) is 0 Å². The summed E-state index contributed by atoms with van der Waals surface area (Å²) < 4.78 is 0. The largest absolute Gasteiger partial charge is 0.193 e. The standard InChI is InChI=1S/C9H10ClN/c1-2-7-3-4-8(6-11)9(10)5-7/h2,7H,1,3-5H2. The van der Waals surface area contributed by atoms with Gasteiger partial charge < -0.3 is 0 Å². The molecule has 0 spiro atoms. The van der Waals surface area contributed by atoms with Crippen LogP contribution in [0.25, 0.3) is 0 Å². The first-order valence-electron chi connectivity index (χ1n) is 3.68. The van der Waals surface area contributed by atoms with E-state index in [1.54, 1.807) is 0 Å². The van der Waals surface area contributed by atoms with Crippen molar-refractivity contribution in [3.05, 3.63) is 23.3 Å². The fraction of sp³-hybridized carbons (Fsp3) is 0.444. The van der Waals surface area contributed by atoms with Gasteiger partial charge in [-0.15, -0.1) is 6.58 Å². The zero-order chi connectivity index (χ0) is 8.27. The zero-order valence-electron chi connectivity index (χ0n) is 6.31. The third-order valence-corrected chi connectivity index (χ3v) is 2.38. The van der Waals surface area contributed by atoms with Crippen LogP contribution in [0.5, 0.6) is 0 Å². The van der Waals surface area contributed by atoms with E-state index in [1.807, 2.05) is 6.08 Å². The summed E-state index contributed by atoms with van der Waals surface area (Å²) in [6.45, 7) is 3.71. The highest BCUT2D eigenvalue weighted by molar-refractivity contribution is 6.30. The first kappa shape index (κ1) is 8.36. The molecule has 1 aliphatic carbocycles. The van der Waals surface area contributed by atoms with Gasteiger partial charge in [-0.2, -0.15) is 5.26 Å². The molecule has 0 N–H and O–H groups in total. The van der Waals surface area contributed by atoms with Crippen molar-refractivity contribution in [2.24, 2.45) is 5.92 Å². The summed E-state index contributed by atoms with van der Waals surface area (Å²) in [6, 6.07) is 2.11. The Balaban J connectivity index is 2.73. The maximum atomic E-state index is 8.60. The number of hydrogen-bond donors (Lipinski definition) is 0. The van der Waals surface area contributed by atoms with Crippen LogP contribution in [0.15, 0.2) is 23.3 Å². The molecule has 0 amide bonds. The van der Waals surface area contributed by atoms with Gasteiger partial charge in [0.15, 0.2) is 0 Å². The van der Waals surface area contributed by atoms with E-state index in [0.717, 1.165) is 29.9 Å². The topological polar surface area (TPSA) is 23.8 Å². The highest BCUT2D eigenvalue weighted by Crippen LogP contribution is 2.31. The van der Waals surface area contributed by atoms with Gasteiger partial charge in [-0.1, -0.05) is 17.7 Å². The van der Waals surface area contributed by atoms with Gasteiger partial charge in [0, 0.05) is 10.6 Å². The van der Waals surface area contributed by atoms with Crippen LogP contribution in [-0.2, 0) is 0 Å². The zero-order valence-corrected chi connectivity index (χ0v) is 7.06. The van der Waals surface area contributed by atoms with Crippen LogP contribution >= 0.6 is 11.6 Å². The van der Waals surface area contributed by atoms with Crippen LogP contribution in [0.2, 0.25) is 0 Å². The Morgan fingerprint density at radius 1 is 1.73 bits per heavy atom. The lowest BCUT2D eigenvalue weighted by Crippen LogP contribution is -2.04. The summed E-state index contributed by atoms with van der Waals surface area (Å²) >= 11 is 5.87. The number of allylic oxidation sites excluding steroid dienone is 3. The van der Waals surface area contributed by atoms with E-state index in [-0.39, 0.29) is 0 Å². The lowest BCUT2D eigenvalue weighted by molar-refractivity contribution is 0.569. The third-order valence-electron chi connectivity index (χ3n) is 2.00. The van der Waals surface area contributed by atoms with Gasteiger partial charge in [0.05, 0.1) is 6.07 Å². The van der Waals surface area contributed by atoms with Crippen molar-refractivity contribution in [1.82, 2.24) is 0 Å². The van der Waals surface area contributed by atoms with Crippen molar-refractivity contribution in [2.45, 2.75) is 19.3 Å². The average molecular weight is 168 g/mol. The van der Waals surface area contributed by atoms with Crippen molar-refractivity contribution < 1.29 is 0 Å². The van der Waals surface area contributed by atoms with Crippen molar-refractivity contribution in [1.29, 1.82) is 5.26 Å². The summed E-state index contributed by atoms with van der Waals surface area (Å²) in [7, 11) is 0. The van der Waals surface area contributed by atoms with Crippen LogP contribution in [-0.4, -0.2) is 0 Å². The molecule has 0 aliphatic heterocycles. The normalized spacial score (nSPS) is 24.5. The maximum Gasteiger partial charge on any atom is 0.0959 e. The van der Waals surface area contributed by atoms with Gasteiger partial charge >= 0.3 is 0 Å². The number of halogens is 1. The third kappa shape index (κ3) is 1.85. The number of hydrogen-bond acceptors (Lipinski definition) is 1. The number of rotatable bonds is 1. The molecule has 0 aromatic carbocycles. The minimum atomic E-state index is 0.472. The maximum absolute atomic E-state index is 8.60. The summed E-state index contributed by atoms with van der Waals surface area (Å²) in [5, 5.41) is 9.33. The highest BCUT2D eigenvalue weighted by Gasteiger charge is 2.16. The molecule has 1 nitrogen and oxygen atoms in total. The van der Waals surface area contributed by atoms with Gasteiger partial charge in [0.2, 0.25) is 0 Å². The number of nitrogens with zero attached hydrogens (tertiary/aromatic N) is 1. The molecule has 58 valence electrons. The molecule has 0 fully saturated rings. The first-order valence-corrected chi connectivity index (χ1v) is 4.06. The molecule has 1 aliphatic rings. The molecule has 11 heavy (non-hydrogen) atoms. The second-order valence-corrected chi connectivity index (χ2v) is 3.19. The number of nitriles is 1. The van der Waals surface area contributed by atoms with E-state index >= 15 is 0 Å². The summed E-state index contributed by atoms with van der Waals surface area (Å²) in [5.41, 5.74) is 0.754. The highest BCUT2D eigenvalue weighted by atomic mass is 35.5. The molecule has 0 saturated carbocycles. The Kier molecular flexibility index (Phi) is 2.73. The van der Waals surface area contributed by atoms with Crippen molar-refractivity contribution in [3.63, 3.8) is 0 Å². The van der Waals surface area contributed by atoms with Gasteiger partial charge in [0.1, 0.15) is 0 Å². The summed E-state index contributed by atoms with van der Waals surface area (Å²) in [5.74, 6) is 0.472. The quantitative estimate of drug-likeness (QED) is 0.551. The molecule has 0 heterocycles. The second kappa shape index (κ2) is 3.59. The molecule has 1 rings (SSSR count). The summed E-state index contributed by atoms with van der Waals surface area (Å²) in [6.07, 6.45) is 4.54. The van der Waals surface area contributed by atoms with Gasteiger partial charge in [-0.25, -0.2) is 0 Å². The molecular weight excluding hydrogens is 158 g/mol. The monoisotopic (exact) mass is 167 g/mol. The van der Waals surface area contributed by atoms with Crippen molar-refractivity contribution in [3.8, 4) is 6.07 Å². The van der Waals surface area contributed by atoms with Crippen molar-refractivity contribution >= 4 is 11.6 Å². The van der Waals surface area contributed by atoms with Gasteiger partial charge in [-0.3, -0.25) is 0 Å². The Bertz CT molecular complexity index is 234. The van der Waals surface area contributed by atoms with Gasteiger partial charge in [0.25, 0.3) is 0 Å². The van der Waals surface area contributed by atoms with Crippen molar-refractivity contribution in [2.75, 3.05) is 0 Å². The molecule has 0 saturated heterocycles. The smallest absolute Gasteiger partial charge is 0.0959 e. The summed E-state index contributed by atoms with van der Waals surface area (Å²) in [4.78, 5) is 0. The molecule has 1 unspecified atom stereocenters. The Morgan fingerprint density at radius 2 is 2.45 bits per heavy atom. The van der Waals surface area contributed by atoms with E-state index in [2.05, 4.69) is 12.6 Å². The molecular formula is C9H10ClN. The first-order chi connectivity index (χ1) is 5.27. The fourth-order valence-electron chi connectivity index (χ4n) is 1.24. The minimum Gasteiger partial charge on any atom is -0.193 e. The van der Waals surface area contributed by atoms with Crippen LogP contribution < -0.4 is 0 Å². The Hall–Kier alpha value is -0.740. The van der Waals surface area contributed by atoms with E-state index < -0.39 is 0 Å². The van der Waals surface area contributed by atoms with Crippen LogP contribution in [0, 0.1) is 17.2 Å². The molecule has 0 aromatic rings. The van der Waals surface area contributed by atoms with E-state index in [4.69, 9.17) is 16.9 Å². The molecule has 0 bridgehead atoms. The average Bonchev–Trinajstić information content (AvgIpc) is 2.04. The molecule has 2 heteroatoms. The molecule has 1 atom stereocenters. The van der Waals surface area contributed by atoms with Gasteiger partial charge in [-0.05, 0) is 25.2 Å². The fourth-order valence-corrected chi connectivity index (χ4v) is 1.57. The van der Waals surface area contributed by atoms with E-state index in [0.29, 0.717) is 5.92 Å². The molecule has 0 aromatic heterocycles. The van der Waals surface area contributed by atoms with E-state index in [9.17, 15) is 0 Å². The molecule has 0 radical (unpaired) electrons. The van der Waals surface area contributed by atoms with E-state index in [1.165, 1.54) is 0 Å². The Labute approximate surface area is 72.0 Å². The Morgan fingerprint density at radius 3 is 2.91 bits per heavy atom.